The summed E-state index contributed by atoms with van der Waals surface area (Å²) in [5.74, 6) is 1.32. The molecule has 22 heavy (non-hydrogen) atoms. The molecule has 0 radical (unpaired) electrons. The molecule has 2 aliphatic heterocycles. The van der Waals surface area contributed by atoms with Gasteiger partial charge >= 0.3 is 0 Å². The molecule has 3 rings (SSSR count). The van der Waals surface area contributed by atoms with Crippen LogP contribution in [0.2, 0.25) is 0 Å². The van der Waals surface area contributed by atoms with Crippen LogP contribution in [0.4, 0.5) is 0 Å². The number of nitrogens with zero attached hydrogens (tertiary/aromatic N) is 3. The third kappa shape index (κ3) is 3.29. The predicted molar refractivity (Wildman–Crippen MR) is 92.7 cm³/mol. The Bertz CT molecular complexity index is 476. The van der Waals surface area contributed by atoms with Gasteiger partial charge in [-0.25, -0.2) is 0 Å². The highest BCUT2D eigenvalue weighted by Gasteiger charge is 2.45. The number of nitrogens with one attached hydrogen (secondary N) is 1. The summed E-state index contributed by atoms with van der Waals surface area (Å²) >= 11 is 2.00. The molecule has 1 aromatic heterocycles. The van der Waals surface area contributed by atoms with Gasteiger partial charge in [0.1, 0.15) is 5.54 Å². The van der Waals surface area contributed by atoms with Crippen molar-refractivity contribution in [2.75, 3.05) is 31.9 Å². The van der Waals surface area contributed by atoms with Crippen molar-refractivity contribution < 1.29 is 4.79 Å². The van der Waals surface area contributed by atoms with E-state index in [1.54, 1.807) is 6.20 Å². The van der Waals surface area contributed by atoms with Gasteiger partial charge in [0.25, 0.3) is 5.91 Å². The Morgan fingerprint density at radius 3 is 2.86 bits per heavy atom. The van der Waals surface area contributed by atoms with Crippen LogP contribution >= 0.6 is 24.2 Å². The molecule has 7 heteroatoms. The van der Waals surface area contributed by atoms with Crippen molar-refractivity contribution in [2.24, 2.45) is 0 Å². The van der Waals surface area contributed by atoms with Crippen molar-refractivity contribution >= 4 is 30.1 Å². The van der Waals surface area contributed by atoms with Crippen molar-refractivity contribution in [2.45, 2.75) is 37.0 Å². The number of rotatable bonds is 3. The number of hydrogen-bond donors (Lipinski definition) is 1. The van der Waals surface area contributed by atoms with Gasteiger partial charge in [-0.2, -0.15) is 16.9 Å². The Hall–Kier alpha value is -0.720. The smallest absolute Gasteiger partial charge is 0.250 e. The lowest BCUT2D eigenvalue weighted by Gasteiger charge is -2.42. The Kier molecular flexibility index (Phi) is 6.17. The maximum absolute atomic E-state index is 13.3. The summed E-state index contributed by atoms with van der Waals surface area (Å²) in [5, 5.41) is 8.35. The molecule has 5 nitrogen and oxygen atoms in total. The van der Waals surface area contributed by atoms with E-state index in [0.717, 1.165) is 51.2 Å². The zero-order valence-electron chi connectivity index (χ0n) is 13.0. The summed E-state index contributed by atoms with van der Waals surface area (Å²) in [6.45, 7) is 5.73. The fourth-order valence-corrected chi connectivity index (χ4v) is 4.53. The molecule has 2 fully saturated rings. The SMILES string of the molecule is CCC1CN(C(=O)C2(n3cccn3)CCNCC2)CCS1.Cl. The van der Waals surface area contributed by atoms with Crippen LogP contribution in [0, 0.1) is 0 Å². The van der Waals surface area contributed by atoms with Crippen LogP contribution in [-0.2, 0) is 10.3 Å². The molecule has 0 aliphatic carbocycles. The Morgan fingerprint density at radius 2 is 2.23 bits per heavy atom. The number of amides is 1. The summed E-state index contributed by atoms with van der Waals surface area (Å²) in [6.07, 6.45) is 6.50. The quantitative estimate of drug-likeness (QED) is 0.907. The molecular weight excluding hydrogens is 320 g/mol. The first kappa shape index (κ1) is 17.6. The highest BCUT2D eigenvalue weighted by molar-refractivity contribution is 8.00. The largest absolute Gasteiger partial charge is 0.339 e. The molecule has 1 aromatic rings. The molecule has 1 atom stereocenters. The number of aromatic nitrogens is 2. The monoisotopic (exact) mass is 344 g/mol. The molecule has 0 aromatic carbocycles. The average Bonchev–Trinajstić information content (AvgIpc) is 3.10. The van der Waals surface area contributed by atoms with Crippen molar-refractivity contribution in [3.63, 3.8) is 0 Å². The molecule has 2 aliphatic rings. The summed E-state index contributed by atoms with van der Waals surface area (Å²) in [6, 6.07) is 1.91. The van der Waals surface area contributed by atoms with E-state index in [2.05, 4.69) is 22.2 Å². The Morgan fingerprint density at radius 1 is 1.45 bits per heavy atom. The third-order valence-electron chi connectivity index (χ3n) is 4.65. The molecular formula is C15H25ClN4OS. The van der Waals surface area contributed by atoms with Crippen LogP contribution in [0.1, 0.15) is 26.2 Å². The summed E-state index contributed by atoms with van der Waals surface area (Å²) in [4.78, 5) is 15.3. The van der Waals surface area contributed by atoms with Gasteiger partial charge < -0.3 is 10.2 Å². The first-order valence-electron chi connectivity index (χ1n) is 7.88. The number of hydrogen-bond acceptors (Lipinski definition) is 4. The first-order valence-corrected chi connectivity index (χ1v) is 8.93. The average molecular weight is 345 g/mol. The minimum absolute atomic E-state index is 0. The van der Waals surface area contributed by atoms with Gasteiger partial charge in [-0.1, -0.05) is 6.92 Å². The molecule has 2 saturated heterocycles. The standard InChI is InChI=1S/C15H24N4OS.ClH/c1-2-13-12-18(10-11-21-13)14(20)15(4-7-16-8-5-15)19-9-3-6-17-19;/h3,6,9,13,16H,2,4-5,7-8,10-12H2,1H3;1H. The lowest BCUT2D eigenvalue weighted by Crippen LogP contribution is -2.57. The molecule has 0 bridgehead atoms. The molecule has 0 spiro atoms. The van der Waals surface area contributed by atoms with E-state index in [0.29, 0.717) is 5.25 Å². The molecule has 1 unspecified atom stereocenters. The summed E-state index contributed by atoms with van der Waals surface area (Å²) in [5.41, 5.74) is -0.477. The topological polar surface area (TPSA) is 50.2 Å². The fraction of sp³-hybridized carbons (Fsp3) is 0.733. The van der Waals surface area contributed by atoms with Crippen molar-refractivity contribution in [3.8, 4) is 0 Å². The lowest BCUT2D eigenvalue weighted by molar-refractivity contribution is -0.143. The van der Waals surface area contributed by atoms with E-state index in [9.17, 15) is 4.79 Å². The van der Waals surface area contributed by atoms with E-state index in [1.165, 1.54) is 0 Å². The lowest BCUT2D eigenvalue weighted by atomic mass is 9.86. The molecule has 1 N–H and O–H groups in total. The highest BCUT2D eigenvalue weighted by Crippen LogP contribution is 2.31. The maximum Gasteiger partial charge on any atom is 0.250 e. The van der Waals surface area contributed by atoms with E-state index in [-0.39, 0.29) is 18.3 Å². The zero-order valence-corrected chi connectivity index (χ0v) is 14.7. The van der Waals surface area contributed by atoms with Crippen molar-refractivity contribution in [1.29, 1.82) is 0 Å². The molecule has 0 saturated carbocycles. The second kappa shape index (κ2) is 7.70. The number of halogens is 1. The van der Waals surface area contributed by atoms with E-state index in [1.807, 2.05) is 28.7 Å². The van der Waals surface area contributed by atoms with Crippen LogP contribution < -0.4 is 5.32 Å². The van der Waals surface area contributed by atoms with Crippen LogP contribution in [-0.4, -0.2) is 57.8 Å². The van der Waals surface area contributed by atoms with Crippen molar-refractivity contribution in [3.05, 3.63) is 18.5 Å². The minimum Gasteiger partial charge on any atom is -0.339 e. The van der Waals surface area contributed by atoms with Crippen LogP contribution in [0.5, 0.6) is 0 Å². The van der Waals surface area contributed by atoms with Gasteiger partial charge in [0.05, 0.1) is 0 Å². The number of thioether (sulfide) groups is 1. The van der Waals surface area contributed by atoms with Gasteiger partial charge in [-0.3, -0.25) is 9.48 Å². The predicted octanol–water partition coefficient (Wildman–Crippen LogP) is 1.74. The minimum atomic E-state index is -0.477. The Balaban J connectivity index is 0.00000176. The maximum atomic E-state index is 13.3. The number of carbonyl (C=O) groups excluding carboxylic acids is 1. The van der Waals surface area contributed by atoms with Crippen LogP contribution in [0.15, 0.2) is 18.5 Å². The Labute approximate surface area is 142 Å². The number of piperidine rings is 1. The van der Waals surface area contributed by atoms with Gasteiger partial charge in [-0.15, -0.1) is 12.4 Å². The fourth-order valence-electron chi connectivity index (χ4n) is 3.35. The first-order chi connectivity index (χ1) is 10.3. The van der Waals surface area contributed by atoms with Crippen LogP contribution in [0.3, 0.4) is 0 Å². The highest BCUT2D eigenvalue weighted by atomic mass is 35.5. The molecule has 124 valence electrons. The van der Waals surface area contributed by atoms with E-state index >= 15 is 0 Å². The number of carbonyl (C=O) groups is 1. The molecule has 3 heterocycles. The van der Waals surface area contributed by atoms with Gasteiger partial charge in [0, 0.05) is 36.5 Å². The van der Waals surface area contributed by atoms with E-state index < -0.39 is 5.54 Å². The second-order valence-electron chi connectivity index (χ2n) is 5.88. The van der Waals surface area contributed by atoms with Gasteiger partial charge in [0.15, 0.2) is 0 Å². The zero-order chi connectivity index (χ0) is 14.7. The van der Waals surface area contributed by atoms with Gasteiger partial charge in [0.2, 0.25) is 0 Å². The summed E-state index contributed by atoms with van der Waals surface area (Å²) in [7, 11) is 0. The van der Waals surface area contributed by atoms with E-state index in [4.69, 9.17) is 0 Å². The van der Waals surface area contributed by atoms with Crippen molar-refractivity contribution in [1.82, 2.24) is 20.0 Å². The third-order valence-corrected chi connectivity index (χ3v) is 6.03. The molecule has 1 amide bonds. The summed E-state index contributed by atoms with van der Waals surface area (Å²) < 4.78 is 1.90. The normalized spacial score (nSPS) is 24.6. The van der Waals surface area contributed by atoms with Gasteiger partial charge in [-0.05, 0) is 38.4 Å². The second-order valence-corrected chi connectivity index (χ2v) is 7.29. The van der Waals surface area contributed by atoms with Crippen LogP contribution in [0.25, 0.3) is 0 Å².